The van der Waals surface area contributed by atoms with Crippen LogP contribution in [0.4, 0.5) is 5.95 Å². The largest absolute Gasteiger partial charge is 0.357 e. The maximum absolute atomic E-state index is 12.1. The van der Waals surface area contributed by atoms with Crippen LogP contribution in [0.2, 0.25) is 0 Å². The maximum Gasteiger partial charge on any atom is 0.243 e. The van der Waals surface area contributed by atoms with Gasteiger partial charge in [-0.15, -0.1) is 11.3 Å². The van der Waals surface area contributed by atoms with Crippen LogP contribution in [0, 0.1) is 13.8 Å². The van der Waals surface area contributed by atoms with Gasteiger partial charge in [0.15, 0.2) is 0 Å². The number of rotatable bonds is 5. The molecule has 0 aromatic carbocycles. The summed E-state index contributed by atoms with van der Waals surface area (Å²) in [6.07, 6.45) is 2.57. The van der Waals surface area contributed by atoms with E-state index >= 15 is 0 Å². The highest BCUT2D eigenvalue weighted by molar-refractivity contribution is 7.89. The zero-order valence-electron chi connectivity index (χ0n) is 11.5. The van der Waals surface area contributed by atoms with Crippen LogP contribution in [0.25, 0.3) is 0 Å². The molecule has 0 aliphatic carbocycles. The van der Waals surface area contributed by atoms with Gasteiger partial charge < -0.3 is 5.32 Å². The van der Waals surface area contributed by atoms with E-state index in [4.69, 9.17) is 0 Å². The summed E-state index contributed by atoms with van der Waals surface area (Å²) in [6, 6.07) is 1.99. The summed E-state index contributed by atoms with van der Waals surface area (Å²) in [5.41, 5.74) is 1.17. The lowest BCUT2D eigenvalue weighted by atomic mass is 10.3. The lowest BCUT2D eigenvalue weighted by Crippen LogP contribution is -2.23. The van der Waals surface area contributed by atoms with E-state index in [1.54, 1.807) is 18.4 Å². The Balaban J connectivity index is 2.10. The fourth-order valence-corrected chi connectivity index (χ4v) is 3.55. The van der Waals surface area contributed by atoms with Gasteiger partial charge in [-0.2, -0.15) is 0 Å². The fraction of sp³-hybridized carbons (Fsp3) is 0.333. The molecule has 2 aromatic rings. The molecule has 0 amide bonds. The van der Waals surface area contributed by atoms with Crippen LogP contribution in [0.5, 0.6) is 0 Å². The molecule has 0 aliphatic rings. The van der Waals surface area contributed by atoms with Gasteiger partial charge in [0.1, 0.15) is 4.90 Å². The summed E-state index contributed by atoms with van der Waals surface area (Å²) in [5, 5.41) is 2.74. The minimum atomic E-state index is -3.58. The van der Waals surface area contributed by atoms with Crippen molar-refractivity contribution in [3.63, 3.8) is 0 Å². The summed E-state index contributed by atoms with van der Waals surface area (Å²) < 4.78 is 26.7. The molecule has 0 spiro atoms. The second-order valence-corrected chi connectivity index (χ2v) is 7.38. The zero-order chi connectivity index (χ0) is 14.8. The molecular formula is C12H16N4O2S2. The number of hydrogen-bond acceptors (Lipinski definition) is 6. The summed E-state index contributed by atoms with van der Waals surface area (Å²) in [4.78, 5) is 10.0. The van der Waals surface area contributed by atoms with Crippen molar-refractivity contribution in [2.45, 2.75) is 25.3 Å². The molecule has 0 unspecified atom stereocenters. The predicted octanol–water partition coefficient (Wildman–Crippen LogP) is 1.68. The van der Waals surface area contributed by atoms with Gasteiger partial charge in [-0.1, -0.05) is 0 Å². The van der Waals surface area contributed by atoms with Crippen LogP contribution < -0.4 is 10.0 Å². The standard InChI is InChI=1S/C12H16N4O2S2/c1-8-4-10(19-9(8)2)5-16-20(17,18)11-6-14-12(13-3)15-7-11/h4,6-7,16H,5H2,1-3H3,(H,13,14,15). The Bertz CT molecular complexity index is 673. The van der Waals surface area contributed by atoms with Gasteiger partial charge in [0.25, 0.3) is 0 Å². The van der Waals surface area contributed by atoms with Crippen LogP contribution >= 0.6 is 11.3 Å². The quantitative estimate of drug-likeness (QED) is 0.877. The molecule has 0 fully saturated rings. The molecule has 6 nitrogen and oxygen atoms in total. The average Bonchev–Trinajstić information content (AvgIpc) is 2.76. The average molecular weight is 312 g/mol. The SMILES string of the molecule is CNc1ncc(S(=O)(=O)NCc2cc(C)c(C)s2)cn1. The highest BCUT2D eigenvalue weighted by atomic mass is 32.2. The number of aryl methyl sites for hydroxylation is 2. The third-order valence-electron chi connectivity index (χ3n) is 2.82. The fourth-order valence-electron chi connectivity index (χ4n) is 1.57. The van der Waals surface area contributed by atoms with Crippen LogP contribution in [0.15, 0.2) is 23.4 Å². The molecule has 8 heteroatoms. The van der Waals surface area contributed by atoms with E-state index in [-0.39, 0.29) is 11.4 Å². The Morgan fingerprint density at radius 2 is 1.90 bits per heavy atom. The van der Waals surface area contributed by atoms with Crippen molar-refractivity contribution >= 4 is 27.3 Å². The molecule has 2 aromatic heterocycles. The molecule has 0 radical (unpaired) electrons. The highest BCUT2D eigenvalue weighted by Gasteiger charge is 2.15. The van der Waals surface area contributed by atoms with Crippen molar-refractivity contribution in [2.75, 3.05) is 12.4 Å². The van der Waals surface area contributed by atoms with Crippen LogP contribution in [-0.2, 0) is 16.6 Å². The first-order valence-corrected chi connectivity index (χ1v) is 8.27. The second-order valence-electron chi connectivity index (χ2n) is 4.27. The molecule has 2 N–H and O–H groups in total. The Hall–Kier alpha value is -1.51. The Labute approximate surface area is 122 Å². The van der Waals surface area contributed by atoms with Crippen LogP contribution in [-0.4, -0.2) is 25.4 Å². The number of nitrogens with zero attached hydrogens (tertiary/aromatic N) is 2. The van der Waals surface area contributed by atoms with Gasteiger partial charge in [-0.3, -0.25) is 0 Å². The minimum Gasteiger partial charge on any atom is -0.357 e. The zero-order valence-corrected chi connectivity index (χ0v) is 13.1. The molecule has 0 atom stereocenters. The molecule has 0 saturated heterocycles. The van der Waals surface area contributed by atoms with Gasteiger partial charge in [0, 0.05) is 23.3 Å². The van der Waals surface area contributed by atoms with E-state index in [2.05, 4.69) is 20.0 Å². The van der Waals surface area contributed by atoms with Gasteiger partial charge in [-0.25, -0.2) is 23.1 Å². The second kappa shape index (κ2) is 5.86. The lowest BCUT2D eigenvalue weighted by Gasteiger charge is -2.05. The number of thiophene rings is 1. The van der Waals surface area contributed by atoms with Crippen molar-refractivity contribution in [3.8, 4) is 0 Å². The monoisotopic (exact) mass is 312 g/mol. The van der Waals surface area contributed by atoms with Crippen molar-refractivity contribution < 1.29 is 8.42 Å². The van der Waals surface area contributed by atoms with E-state index in [1.165, 1.54) is 22.8 Å². The number of hydrogen-bond donors (Lipinski definition) is 2. The van der Waals surface area contributed by atoms with E-state index in [0.29, 0.717) is 5.95 Å². The molecule has 0 bridgehead atoms. The smallest absolute Gasteiger partial charge is 0.243 e. The number of aromatic nitrogens is 2. The van der Waals surface area contributed by atoms with Crippen molar-refractivity contribution in [2.24, 2.45) is 0 Å². The first kappa shape index (κ1) is 14.9. The summed E-state index contributed by atoms with van der Waals surface area (Å²) in [6.45, 7) is 4.30. The molecule has 0 saturated carbocycles. The molecule has 108 valence electrons. The van der Waals surface area contributed by atoms with E-state index < -0.39 is 10.0 Å². The number of sulfonamides is 1. The predicted molar refractivity (Wildman–Crippen MR) is 79.4 cm³/mol. The van der Waals surface area contributed by atoms with Gasteiger partial charge in [-0.05, 0) is 25.5 Å². The van der Waals surface area contributed by atoms with E-state index in [1.807, 2.05) is 19.9 Å². The lowest BCUT2D eigenvalue weighted by molar-refractivity contribution is 0.581. The van der Waals surface area contributed by atoms with Crippen LogP contribution in [0.3, 0.4) is 0 Å². The van der Waals surface area contributed by atoms with Crippen molar-refractivity contribution in [1.82, 2.24) is 14.7 Å². The molecular weight excluding hydrogens is 296 g/mol. The normalized spacial score (nSPS) is 11.6. The molecule has 2 rings (SSSR count). The van der Waals surface area contributed by atoms with Gasteiger partial charge >= 0.3 is 0 Å². The molecule has 0 aliphatic heterocycles. The Morgan fingerprint density at radius 1 is 1.25 bits per heavy atom. The highest BCUT2D eigenvalue weighted by Crippen LogP contribution is 2.20. The first-order valence-electron chi connectivity index (χ1n) is 5.98. The summed E-state index contributed by atoms with van der Waals surface area (Å²) in [5.74, 6) is 0.383. The van der Waals surface area contributed by atoms with Crippen LogP contribution in [0.1, 0.15) is 15.3 Å². The minimum absolute atomic E-state index is 0.0569. The molecule has 20 heavy (non-hydrogen) atoms. The van der Waals surface area contributed by atoms with Gasteiger partial charge in [0.2, 0.25) is 16.0 Å². The van der Waals surface area contributed by atoms with E-state index in [9.17, 15) is 8.42 Å². The maximum atomic E-state index is 12.1. The third kappa shape index (κ3) is 3.33. The van der Waals surface area contributed by atoms with Crippen molar-refractivity contribution in [1.29, 1.82) is 0 Å². The first-order chi connectivity index (χ1) is 9.42. The Morgan fingerprint density at radius 3 is 2.40 bits per heavy atom. The van der Waals surface area contributed by atoms with E-state index in [0.717, 1.165) is 4.88 Å². The topological polar surface area (TPSA) is 84.0 Å². The summed E-state index contributed by atoms with van der Waals surface area (Å²) in [7, 11) is -1.91. The number of nitrogens with one attached hydrogen (secondary N) is 2. The number of anilines is 1. The molecule has 2 heterocycles. The van der Waals surface area contributed by atoms with Crippen molar-refractivity contribution in [3.05, 3.63) is 33.8 Å². The Kier molecular flexibility index (Phi) is 4.36. The third-order valence-corrected chi connectivity index (χ3v) is 5.32. The summed E-state index contributed by atoms with van der Waals surface area (Å²) >= 11 is 1.59. The van der Waals surface area contributed by atoms with Gasteiger partial charge in [0.05, 0.1) is 12.4 Å².